The summed E-state index contributed by atoms with van der Waals surface area (Å²) in [5, 5.41) is 0. The molecule has 0 N–H and O–H groups in total. The molecule has 1 unspecified atom stereocenters. The number of piperidine rings is 1. The highest BCUT2D eigenvalue weighted by Crippen LogP contribution is 2.30. The third-order valence-electron chi connectivity index (χ3n) is 3.51. The monoisotopic (exact) mass is 209 g/mol. The molecule has 0 aromatic heterocycles. The van der Waals surface area contributed by atoms with E-state index in [4.69, 9.17) is 0 Å². The molecule has 2 fully saturated rings. The number of carbonyl (C=O) groups is 2. The number of carbonyl (C=O) groups excluding carboxylic acids is 2. The van der Waals surface area contributed by atoms with Crippen LogP contribution in [0.5, 0.6) is 0 Å². The highest BCUT2D eigenvalue weighted by atomic mass is 16.1. The molecular weight excluding hydrogens is 190 g/mol. The van der Waals surface area contributed by atoms with Gasteiger partial charge < -0.3 is 0 Å². The van der Waals surface area contributed by atoms with Gasteiger partial charge in [0.15, 0.2) is 0 Å². The maximum absolute atomic E-state index is 11.6. The van der Waals surface area contributed by atoms with Crippen LogP contribution in [-0.2, 0) is 9.59 Å². The zero-order valence-corrected chi connectivity index (χ0v) is 9.37. The lowest BCUT2D eigenvalue weighted by Gasteiger charge is -2.30. The van der Waals surface area contributed by atoms with Gasteiger partial charge in [-0.1, -0.05) is 6.92 Å². The second-order valence-electron chi connectivity index (χ2n) is 4.80. The van der Waals surface area contributed by atoms with E-state index in [1.807, 2.05) is 0 Å². The fourth-order valence-corrected chi connectivity index (χ4v) is 2.23. The second-order valence-corrected chi connectivity index (χ2v) is 4.80. The summed E-state index contributed by atoms with van der Waals surface area (Å²) < 4.78 is 0. The minimum Gasteiger partial charge on any atom is -0.299 e. The quantitative estimate of drug-likeness (QED) is 0.699. The van der Waals surface area contributed by atoms with Crippen molar-refractivity contribution in [2.24, 2.45) is 11.8 Å². The minimum atomic E-state index is 0.172. The lowest BCUT2D eigenvalue weighted by atomic mass is 9.94. The lowest BCUT2D eigenvalue weighted by Crippen LogP contribution is -2.43. The molecule has 1 saturated carbocycles. The van der Waals surface area contributed by atoms with Crippen molar-refractivity contribution in [1.29, 1.82) is 0 Å². The van der Waals surface area contributed by atoms with E-state index in [0.717, 1.165) is 32.4 Å². The Morgan fingerprint density at radius 3 is 2.80 bits per heavy atom. The average molecular weight is 209 g/mol. The number of ketones is 2. The Balaban J connectivity index is 1.82. The highest BCUT2D eigenvalue weighted by molar-refractivity contribution is 5.86. The van der Waals surface area contributed by atoms with Crippen molar-refractivity contribution in [1.82, 2.24) is 4.90 Å². The summed E-state index contributed by atoms with van der Waals surface area (Å²) in [7, 11) is 0. The molecule has 0 bridgehead atoms. The molecular formula is C12H19NO2. The first kappa shape index (κ1) is 10.8. The fraction of sp³-hybridized carbons (Fsp3) is 0.833. The maximum atomic E-state index is 11.6. The van der Waals surface area contributed by atoms with Gasteiger partial charge in [-0.15, -0.1) is 0 Å². The molecule has 0 radical (unpaired) electrons. The first-order chi connectivity index (χ1) is 7.20. The minimum absolute atomic E-state index is 0.172. The summed E-state index contributed by atoms with van der Waals surface area (Å²) in [5.41, 5.74) is 0. The molecule has 0 amide bonds. The molecule has 1 atom stereocenters. The molecule has 1 heterocycles. The molecule has 0 spiro atoms. The Hall–Kier alpha value is -0.700. The van der Waals surface area contributed by atoms with Gasteiger partial charge in [-0.25, -0.2) is 0 Å². The molecule has 1 saturated heterocycles. The van der Waals surface area contributed by atoms with Gasteiger partial charge >= 0.3 is 0 Å². The van der Waals surface area contributed by atoms with Crippen LogP contribution in [0.25, 0.3) is 0 Å². The molecule has 0 aromatic rings. The molecule has 3 nitrogen and oxygen atoms in total. The van der Waals surface area contributed by atoms with Gasteiger partial charge in [-0.2, -0.15) is 0 Å². The van der Waals surface area contributed by atoms with E-state index in [2.05, 4.69) is 11.8 Å². The molecule has 1 aliphatic heterocycles. The van der Waals surface area contributed by atoms with Crippen LogP contribution in [0.1, 0.15) is 32.6 Å². The number of hydrogen-bond acceptors (Lipinski definition) is 3. The molecule has 15 heavy (non-hydrogen) atoms. The van der Waals surface area contributed by atoms with Crippen molar-refractivity contribution in [3.8, 4) is 0 Å². The van der Waals surface area contributed by atoms with E-state index >= 15 is 0 Å². The Kier molecular flexibility index (Phi) is 3.19. The molecule has 84 valence electrons. The average Bonchev–Trinajstić information content (AvgIpc) is 3.04. The Morgan fingerprint density at radius 2 is 2.20 bits per heavy atom. The van der Waals surface area contributed by atoms with Gasteiger partial charge in [0, 0.05) is 31.3 Å². The predicted octanol–water partition coefficient (Wildman–Crippen LogP) is 1.27. The van der Waals surface area contributed by atoms with E-state index in [1.165, 1.54) is 0 Å². The van der Waals surface area contributed by atoms with Gasteiger partial charge in [0.1, 0.15) is 11.6 Å². The smallest absolute Gasteiger partial charge is 0.149 e. The fourth-order valence-electron chi connectivity index (χ4n) is 2.23. The normalized spacial score (nSPS) is 28.1. The number of rotatable bonds is 4. The van der Waals surface area contributed by atoms with Crippen LogP contribution in [-0.4, -0.2) is 36.1 Å². The third kappa shape index (κ3) is 2.65. The number of Topliss-reactive ketones (excluding diaryl/α,β-unsaturated/α-hetero) is 2. The topological polar surface area (TPSA) is 37.4 Å². The SMILES string of the molecule is CCC1CN(CC(=O)C2CC2)CCC1=O. The van der Waals surface area contributed by atoms with Gasteiger partial charge in [0.2, 0.25) is 0 Å². The number of likely N-dealkylation sites (tertiary alicyclic amines) is 1. The van der Waals surface area contributed by atoms with E-state index < -0.39 is 0 Å². The molecule has 3 heteroatoms. The van der Waals surface area contributed by atoms with E-state index in [-0.39, 0.29) is 5.92 Å². The number of hydrogen-bond donors (Lipinski definition) is 0. The maximum Gasteiger partial charge on any atom is 0.149 e. The second kappa shape index (κ2) is 4.44. The summed E-state index contributed by atoms with van der Waals surface area (Å²) in [6.45, 7) is 4.21. The third-order valence-corrected chi connectivity index (χ3v) is 3.51. The summed E-state index contributed by atoms with van der Waals surface area (Å²) in [6, 6.07) is 0. The summed E-state index contributed by atoms with van der Waals surface area (Å²) in [5.74, 6) is 1.29. The summed E-state index contributed by atoms with van der Waals surface area (Å²) >= 11 is 0. The van der Waals surface area contributed by atoms with Crippen molar-refractivity contribution in [2.75, 3.05) is 19.6 Å². The van der Waals surface area contributed by atoms with Crippen LogP contribution in [0.4, 0.5) is 0 Å². The Morgan fingerprint density at radius 1 is 1.47 bits per heavy atom. The van der Waals surface area contributed by atoms with Gasteiger partial charge in [0.05, 0.1) is 6.54 Å². The van der Waals surface area contributed by atoms with Crippen molar-refractivity contribution >= 4 is 11.6 Å². The van der Waals surface area contributed by atoms with E-state index in [0.29, 0.717) is 30.4 Å². The summed E-state index contributed by atoms with van der Waals surface area (Å²) in [4.78, 5) is 25.3. The van der Waals surface area contributed by atoms with Crippen molar-refractivity contribution < 1.29 is 9.59 Å². The van der Waals surface area contributed by atoms with Crippen molar-refractivity contribution in [3.05, 3.63) is 0 Å². The van der Waals surface area contributed by atoms with E-state index in [9.17, 15) is 9.59 Å². The van der Waals surface area contributed by atoms with E-state index in [1.54, 1.807) is 0 Å². The highest BCUT2D eigenvalue weighted by Gasteiger charge is 2.32. The van der Waals surface area contributed by atoms with Crippen LogP contribution in [0.15, 0.2) is 0 Å². The zero-order valence-electron chi connectivity index (χ0n) is 9.37. The standard InChI is InChI=1S/C12H19NO2/c1-2-9-7-13(6-5-11(9)14)8-12(15)10-3-4-10/h9-10H,2-8H2,1H3. The summed E-state index contributed by atoms with van der Waals surface area (Å²) in [6.07, 6.45) is 3.72. The van der Waals surface area contributed by atoms with Crippen molar-refractivity contribution in [3.63, 3.8) is 0 Å². The largest absolute Gasteiger partial charge is 0.299 e. The zero-order chi connectivity index (χ0) is 10.8. The lowest BCUT2D eigenvalue weighted by molar-refractivity contribution is -0.129. The Labute approximate surface area is 90.8 Å². The van der Waals surface area contributed by atoms with Crippen LogP contribution in [0.3, 0.4) is 0 Å². The van der Waals surface area contributed by atoms with Gasteiger partial charge in [-0.3, -0.25) is 14.5 Å². The molecule has 2 aliphatic rings. The Bertz CT molecular complexity index is 271. The van der Waals surface area contributed by atoms with Crippen molar-refractivity contribution in [2.45, 2.75) is 32.6 Å². The van der Waals surface area contributed by atoms with Crippen LogP contribution in [0, 0.1) is 11.8 Å². The molecule has 2 rings (SSSR count). The number of nitrogens with zero attached hydrogens (tertiary/aromatic N) is 1. The molecule has 1 aliphatic carbocycles. The van der Waals surface area contributed by atoms with Crippen LogP contribution < -0.4 is 0 Å². The van der Waals surface area contributed by atoms with Crippen LogP contribution >= 0.6 is 0 Å². The van der Waals surface area contributed by atoms with Gasteiger partial charge in [-0.05, 0) is 19.3 Å². The predicted molar refractivity (Wildman–Crippen MR) is 57.6 cm³/mol. The van der Waals surface area contributed by atoms with Crippen LogP contribution in [0.2, 0.25) is 0 Å². The molecule has 0 aromatic carbocycles. The first-order valence-electron chi connectivity index (χ1n) is 5.98. The van der Waals surface area contributed by atoms with Gasteiger partial charge in [0.25, 0.3) is 0 Å². The first-order valence-corrected chi connectivity index (χ1v) is 5.98.